The first-order chi connectivity index (χ1) is 16.9. The van der Waals surface area contributed by atoms with Crippen LogP contribution in [0.15, 0.2) is 57.7 Å². The highest BCUT2D eigenvalue weighted by Crippen LogP contribution is 2.26. The summed E-state index contributed by atoms with van der Waals surface area (Å²) in [7, 11) is 0. The van der Waals surface area contributed by atoms with Gasteiger partial charge in [-0.05, 0) is 36.2 Å². The van der Waals surface area contributed by atoms with Gasteiger partial charge in [0.1, 0.15) is 17.2 Å². The zero-order valence-electron chi connectivity index (χ0n) is 18.3. The molecule has 0 bridgehead atoms. The van der Waals surface area contributed by atoms with E-state index in [4.69, 9.17) is 20.1 Å². The van der Waals surface area contributed by atoms with Crippen LogP contribution in [0.1, 0.15) is 11.4 Å². The van der Waals surface area contributed by atoms with Crippen LogP contribution >= 0.6 is 0 Å². The number of H-pyrrole nitrogens is 1. The van der Waals surface area contributed by atoms with Gasteiger partial charge in [0.05, 0.1) is 0 Å². The van der Waals surface area contributed by atoms with E-state index in [1.54, 1.807) is 13.1 Å². The van der Waals surface area contributed by atoms with Crippen LogP contribution in [0.25, 0.3) is 28.0 Å². The van der Waals surface area contributed by atoms with Crippen molar-refractivity contribution in [2.75, 3.05) is 6.54 Å². The van der Waals surface area contributed by atoms with Crippen molar-refractivity contribution in [2.45, 2.75) is 19.5 Å². The van der Waals surface area contributed by atoms with Gasteiger partial charge in [-0.15, -0.1) is 0 Å². The summed E-state index contributed by atoms with van der Waals surface area (Å²) in [6.45, 7) is 1.44. The first-order valence-corrected chi connectivity index (χ1v) is 9.92. The van der Waals surface area contributed by atoms with Gasteiger partial charge in [-0.2, -0.15) is 27.1 Å². The number of alkyl halides is 3. The lowest BCUT2D eigenvalue weighted by Gasteiger charge is -2.10. The average Bonchev–Trinajstić information content (AvgIpc) is 3.42. The van der Waals surface area contributed by atoms with E-state index < -0.39 is 23.9 Å². The number of benzene rings is 1. The van der Waals surface area contributed by atoms with Gasteiger partial charge in [0, 0.05) is 30.3 Å². The fraction of sp³-hybridized carbons (Fsp3) is 0.190. The summed E-state index contributed by atoms with van der Waals surface area (Å²) < 4.78 is 64.1. The Hall–Kier alpha value is -4.40. The Kier molecular flexibility index (Phi) is 7.62. The molecule has 0 unspecified atom stereocenters. The number of fused-ring (bicyclic) bond motifs is 1. The molecule has 3 heterocycles. The minimum absolute atomic E-state index is 0.107. The van der Waals surface area contributed by atoms with Gasteiger partial charge >= 0.3 is 17.8 Å². The zero-order chi connectivity index (χ0) is 26.6. The maximum atomic E-state index is 13.0. The van der Waals surface area contributed by atoms with Crippen LogP contribution in [-0.4, -0.2) is 48.5 Å². The van der Waals surface area contributed by atoms with Gasteiger partial charge < -0.3 is 15.3 Å². The van der Waals surface area contributed by atoms with E-state index in [0.29, 0.717) is 22.5 Å². The number of nitrogens with one attached hydrogen (secondary N) is 1. The molecule has 1 aromatic carbocycles. The van der Waals surface area contributed by atoms with Gasteiger partial charge in [0.25, 0.3) is 6.08 Å². The summed E-state index contributed by atoms with van der Waals surface area (Å²) >= 11 is 0. The number of carboxylic acids is 1. The molecule has 190 valence electrons. The van der Waals surface area contributed by atoms with E-state index in [1.165, 1.54) is 11.0 Å². The highest BCUT2D eigenvalue weighted by atomic mass is 19.4. The van der Waals surface area contributed by atoms with Gasteiger partial charge in [-0.25, -0.2) is 29.2 Å². The molecule has 3 aromatic heterocycles. The molecule has 0 atom stereocenters. The van der Waals surface area contributed by atoms with Gasteiger partial charge in [0.2, 0.25) is 0 Å². The standard InChI is InChI=1S/C19H16F2N6O2.C2HF3O2/c1-10-4-13(11-2-3-15-14(5-11)24-9-29-15)8-23-18(10)27-16(25-26-19(27)28)6-12(7-22)17(20)21;3-2(4,5)1(6)7/h2-5,8-9H,6-7,22H2,1H3,(H,26,28);(H,6,7). The third kappa shape index (κ3) is 5.80. The lowest BCUT2D eigenvalue weighted by molar-refractivity contribution is -0.192. The number of halogens is 5. The van der Waals surface area contributed by atoms with E-state index in [1.807, 2.05) is 24.3 Å². The number of nitrogens with two attached hydrogens (primary N) is 1. The quantitative estimate of drug-likeness (QED) is 0.344. The molecule has 0 amide bonds. The van der Waals surface area contributed by atoms with Crippen molar-refractivity contribution in [3.05, 3.63) is 70.4 Å². The summed E-state index contributed by atoms with van der Waals surface area (Å²) in [6, 6.07) is 7.40. The molecule has 15 heteroatoms. The van der Waals surface area contributed by atoms with E-state index in [9.17, 15) is 26.7 Å². The molecule has 4 N–H and O–H groups in total. The summed E-state index contributed by atoms with van der Waals surface area (Å²) in [6.07, 6.45) is -4.25. The number of aromatic nitrogens is 5. The van der Waals surface area contributed by atoms with E-state index >= 15 is 0 Å². The number of carbonyl (C=O) groups is 1. The van der Waals surface area contributed by atoms with Crippen molar-refractivity contribution in [1.82, 2.24) is 24.7 Å². The SMILES string of the molecule is Cc1cc(-c2ccc3ocnc3c2)cnc1-n1c(CC(CN)=C(F)F)n[nH]c1=O.O=C(O)C(F)(F)F. The molecule has 0 aliphatic carbocycles. The van der Waals surface area contributed by atoms with Crippen molar-refractivity contribution in [1.29, 1.82) is 0 Å². The summed E-state index contributed by atoms with van der Waals surface area (Å²) in [5, 5.41) is 13.3. The van der Waals surface area contributed by atoms with E-state index in [0.717, 1.165) is 11.1 Å². The first-order valence-electron chi connectivity index (χ1n) is 9.92. The van der Waals surface area contributed by atoms with Crippen molar-refractivity contribution >= 4 is 17.1 Å². The zero-order valence-corrected chi connectivity index (χ0v) is 18.3. The summed E-state index contributed by atoms with van der Waals surface area (Å²) in [4.78, 5) is 29.7. The highest BCUT2D eigenvalue weighted by molar-refractivity contribution is 5.80. The van der Waals surface area contributed by atoms with Crippen molar-refractivity contribution < 1.29 is 36.3 Å². The number of hydrogen-bond acceptors (Lipinski definition) is 7. The molecule has 0 saturated carbocycles. The van der Waals surface area contributed by atoms with Crippen LogP contribution in [0.3, 0.4) is 0 Å². The normalized spacial score (nSPS) is 11.2. The van der Waals surface area contributed by atoms with Crippen LogP contribution in [0.4, 0.5) is 22.0 Å². The predicted molar refractivity (Wildman–Crippen MR) is 115 cm³/mol. The Morgan fingerprint density at radius 1 is 1.19 bits per heavy atom. The van der Waals surface area contributed by atoms with E-state index in [-0.39, 0.29) is 24.4 Å². The minimum atomic E-state index is -5.08. The molecule has 10 nitrogen and oxygen atoms in total. The second kappa shape index (κ2) is 10.5. The Morgan fingerprint density at radius 3 is 2.47 bits per heavy atom. The maximum absolute atomic E-state index is 13.0. The molecule has 0 saturated heterocycles. The lowest BCUT2D eigenvalue weighted by Crippen LogP contribution is -2.21. The fourth-order valence-corrected chi connectivity index (χ4v) is 3.07. The van der Waals surface area contributed by atoms with Gasteiger partial charge in [0.15, 0.2) is 12.0 Å². The molecule has 0 fully saturated rings. The number of hydrogen-bond donors (Lipinski definition) is 3. The molecule has 0 aliphatic rings. The Bertz CT molecular complexity index is 1480. The van der Waals surface area contributed by atoms with Gasteiger partial charge in [-0.1, -0.05) is 6.07 Å². The number of nitrogens with zero attached hydrogens (tertiary/aromatic N) is 4. The van der Waals surface area contributed by atoms with Crippen LogP contribution in [0.5, 0.6) is 0 Å². The third-order valence-corrected chi connectivity index (χ3v) is 4.80. The Balaban J connectivity index is 0.000000454. The van der Waals surface area contributed by atoms with Crippen LogP contribution in [0, 0.1) is 6.92 Å². The molecule has 0 radical (unpaired) electrons. The average molecular weight is 512 g/mol. The summed E-state index contributed by atoms with van der Waals surface area (Å²) in [5.41, 5.74) is 8.26. The van der Waals surface area contributed by atoms with Crippen molar-refractivity contribution in [2.24, 2.45) is 5.73 Å². The third-order valence-electron chi connectivity index (χ3n) is 4.80. The lowest BCUT2D eigenvalue weighted by atomic mass is 10.1. The van der Waals surface area contributed by atoms with Gasteiger partial charge in [-0.3, -0.25) is 0 Å². The number of rotatable bonds is 5. The van der Waals surface area contributed by atoms with Crippen LogP contribution < -0.4 is 11.4 Å². The molecule has 36 heavy (non-hydrogen) atoms. The fourth-order valence-electron chi connectivity index (χ4n) is 3.07. The largest absolute Gasteiger partial charge is 0.490 e. The maximum Gasteiger partial charge on any atom is 0.490 e. The minimum Gasteiger partial charge on any atom is -0.475 e. The number of aromatic amines is 1. The molecule has 4 aromatic rings. The first kappa shape index (κ1) is 26.2. The number of carboxylic acid groups (broad SMARTS) is 1. The van der Waals surface area contributed by atoms with Crippen molar-refractivity contribution in [3.63, 3.8) is 0 Å². The second-order valence-electron chi connectivity index (χ2n) is 7.23. The monoisotopic (exact) mass is 512 g/mol. The predicted octanol–water partition coefficient (Wildman–Crippen LogP) is 3.36. The topological polar surface area (TPSA) is 153 Å². The number of aliphatic carboxylic acids is 1. The molecule has 0 spiro atoms. The Morgan fingerprint density at radius 2 is 1.89 bits per heavy atom. The molecular weight excluding hydrogens is 495 g/mol. The van der Waals surface area contributed by atoms with Crippen molar-refractivity contribution in [3.8, 4) is 16.9 Å². The highest BCUT2D eigenvalue weighted by Gasteiger charge is 2.38. The molecule has 0 aliphatic heterocycles. The second-order valence-corrected chi connectivity index (χ2v) is 7.23. The van der Waals surface area contributed by atoms with E-state index in [2.05, 4.69) is 20.2 Å². The molecule has 4 rings (SSSR count). The number of aryl methyl sites for hydroxylation is 1. The number of pyridine rings is 1. The number of oxazole rings is 1. The van der Waals surface area contributed by atoms with Crippen LogP contribution in [-0.2, 0) is 11.2 Å². The Labute approximate surface area is 197 Å². The van der Waals surface area contributed by atoms with Crippen LogP contribution in [0.2, 0.25) is 0 Å². The summed E-state index contributed by atoms with van der Waals surface area (Å²) in [5.74, 6) is -2.34. The smallest absolute Gasteiger partial charge is 0.475 e. The molecular formula is C21H17F5N6O4.